The first-order valence-corrected chi connectivity index (χ1v) is 13.8. The summed E-state index contributed by atoms with van der Waals surface area (Å²) in [5.74, 6) is 0.978. The third-order valence-corrected chi connectivity index (χ3v) is 9.59. The number of thioether (sulfide) groups is 1. The summed E-state index contributed by atoms with van der Waals surface area (Å²) >= 11 is 1.59. The number of hydrogen-bond donors (Lipinski definition) is 1. The van der Waals surface area contributed by atoms with Crippen molar-refractivity contribution in [3.8, 4) is 0 Å². The molecule has 1 atom stereocenters. The number of carbonyl (C=O) groups excluding carboxylic acids is 1. The highest BCUT2D eigenvalue weighted by Gasteiger charge is 2.32. The van der Waals surface area contributed by atoms with Gasteiger partial charge in [0.05, 0.1) is 10.6 Å². The summed E-state index contributed by atoms with van der Waals surface area (Å²) < 4.78 is 28.5. The standard InChI is InChI=1S/C24H29N3O3S2/c28-24-10-13-31-23-8-7-21(14-22(23)25-24)32(29,30)27-11-3-4-18(16-27)15-26-12-9-19-5-1-2-6-20(19)17-26/h1-2,5-8,14,18H,3-4,9-13,15-17H2,(H,25,28). The van der Waals surface area contributed by atoms with Crippen molar-refractivity contribution >= 4 is 33.4 Å². The average Bonchev–Trinajstić information content (AvgIpc) is 2.99. The van der Waals surface area contributed by atoms with Gasteiger partial charge in [0.25, 0.3) is 0 Å². The predicted octanol–water partition coefficient (Wildman–Crippen LogP) is 3.58. The molecule has 0 bridgehead atoms. The zero-order valence-corrected chi connectivity index (χ0v) is 19.8. The van der Waals surface area contributed by atoms with Gasteiger partial charge in [-0.15, -0.1) is 11.8 Å². The van der Waals surface area contributed by atoms with Gasteiger partial charge >= 0.3 is 0 Å². The van der Waals surface area contributed by atoms with Gasteiger partial charge in [-0.05, 0) is 54.5 Å². The molecule has 1 saturated heterocycles. The summed E-state index contributed by atoms with van der Waals surface area (Å²) in [7, 11) is -3.59. The topological polar surface area (TPSA) is 69.7 Å². The highest BCUT2D eigenvalue weighted by atomic mass is 32.2. The summed E-state index contributed by atoms with van der Waals surface area (Å²) in [6.07, 6.45) is 3.44. The molecule has 0 radical (unpaired) electrons. The smallest absolute Gasteiger partial charge is 0.243 e. The van der Waals surface area contributed by atoms with E-state index >= 15 is 0 Å². The number of rotatable bonds is 4. The summed E-state index contributed by atoms with van der Waals surface area (Å²) in [4.78, 5) is 15.6. The molecule has 1 amide bonds. The van der Waals surface area contributed by atoms with Crippen molar-refractivity contribution in [3.05, 3.63) is 53.6 Å². The van der Waals surface area contributed by atoms with Crippen molar-refractivity contribution in [3.63, 3.8) is 0 Å². The predicted molar refractivity (Wildman–Crippen MR) is 127 cm³/mol. The second-order valence-electron chi connectivity index (χ2n) is 8.93. The molecule has 2 aromatic rings. The maximum Gasteiger partial charge on any atom is 0.243 e. The quantitative estimate of drug-likeness (QED) is 0.738. The first-order valence-electron chi connectivity index (χ1n) is 11.3. The van der Waals surface area contributed by atoms with Crippen molar-refractivity contribution in [2.75, 3.05) is 37.2 Å². The minimum absolute atomic E-state index is 0.0630. The second-order valence-corrected chi connectivity index (χ2v) is 12.0. The van der Waals surface area contributed by atoms with Crippen LogP contribution in [-0.4, -0.2) is 55.5 Å². The van der Waals surface area contributed by atoms with Crippen LogP contribution in [0.4, 0.5) is 5.69 Å². The monoisotopic (exact) mass is 471 g/mol. The fourth-order valence-electron chi connectivity index (χ4n) is 4.98. The van der Waals surface area contributed by atoms with Crippen LogP contribution >= 0.6 is 11.8 Å². The van der Waals surface area contributed by atoms with E-state index in [1.807, 2.05) is 6.07 Å². The second kappa shape index (κ2) is 9.17. The van der Waals surface area contributed by atoms with E-state index in [9.17, 15) is 13.2 Å². The molecule has 0 aromatic heterocycles. The SMILES string of the molecule is O=C1CCSc2ccc(S(=O)(=O)N3CCCC(CN4CCc5ccccc5C4)C3)cc2N1. The Balaban J connectivity index is 1.28. The molecule has 32 heavy (non-hydrogen) atoms. The zero-order chi connectivity index (χ0) is 22.1. The normalized spacial score (nSPS) is 22.5. The van der Waals surface area contributed by atoms with Gasteiger partial charge < -0.3 is 5.32 Å². The van der Waals surface area contributed by atoms with E-state index in [4.69, 9.17) is 0 Å². The van der Waals surface area contributed by atoms with Crippen LogP contribution in [0.3, 0.4) is 0 Å². The first-order chi connectivity index (χ1) is 15.5. The van der Waals surface area contributed by atoms with Crippen LogP contribution in [0.15, 0.2) is 52.3 Å². The molecule has 1 N–H and O–H groups in total. The molecule has 0 saturated carbocycles. The number of benzene rings is 2. The largest absolute Gasteiger partial charge is 0.325 e. The summed E-state index contributed by atoms with van der Waals surface area (Å²) in [6.45, 7) is 4.01. The Labute approximate surface area is 194 Å². The molecule has 0 spiro atoms. The molecule has 8 heteroatoms. The molecule has 3 heterocycles. The number of nitrogens with zero attached hydrogens (tertiary/aromatic N) is 2. The Morgan fingerprint density at radius 2 is 1.91 bits per heavy atom. The third kappa shape index (κ3) is 4.59. The lowest BCUT2D eigenvalue weighted by molar-refractivity contribution is -0.115. The number of sulfonamides is 1. The highest BCUT2D eigenvalue weighted by molar-refractivity contribution is 7.99. The number of hydrogen-bond acceptors (Lipinski definition) is 5. The Kier molecular flexibility index (Phi) is 6.29. The molecular formula is C24H29N3O3S2. The molecule has 5 rings (SSSR count). The third-order valence-electron chi connectivity index (χ3n) is 6.66. The molecule has 2 aromatic carbocycles. The van der Waals surface area contributed by atoms with E-state index in [1.165, 1.54) is 11.1 Å². The van der Waals surface area contributed by atoms with Gasteiger partial charge in [-0.25, -0.2) is 8.42 Å². The van der Waals surface area contributed by atoms with Gasteiger partial charge in [0.2, 0.25) is 15.9 Å². The van der Waals surface area contributed by atoms with Crippen LogP contribution in [0.1, 0.15) is 30.4 Å². The average molecular weight is 472 g/mol. The molecule has 1 fully saturated rings. The number of amides is 1. The Hall–Kier alpha value is -1.87. The molecule has 0 aliphatic carbocycles. The van der Waals surface area contributed by atoms with Crippen molar-refractivity contribution in [1.82, 2.24) is 9.21 Å². The summed E-state index contributed by atoms with van der Waals surface area (Å²) in [5, 5.41) is 2.86. The lowest BCUT2D eigenvalue weighted by Crippen LogP contribution is -2.44. The van der Waals surface area contributed by atoms with Crippen LogP contribution in [0.25, 0.3) is 0 Å². The fourth-order valence-corrected chi connectivity index (χ4v) is 7.50. The van der Waals surface area contributed by atoms with E-state index in [0.717, 1.165) is 43.8 Å². The van der Waals surface area contributed by atoms with Crippen molar-refractivity contribution in [2.45, 2.75) is 42.0 Å². The van der Waals surface area contributed by atoms with E-state index in [2.05, 4.69) is 34.5 Å². The van der Waals surface area contributed by atoms with E-state index in [-0.39, 0.29) is 10.8 Å². The molecule has 3 aliphatic heterocycles. The lowest BCUT2D eigenvalue weighted by atomic mass is 9.95. The van der Waals surface area contributed by atoms with E-state index in [1.54, 1.807) is 28.2 Å². The Morgan fingerprint density at radius 1 is 1.06 bits per heavy atom. The summed E-state index contributed by atoms with van der Waals surface area (Å²) in [5.41, 5.74) is 3.44. The van der Waals surface area contributed by atoms with E-state index in [0.29, 0.717) is 36.9 Å². The minimum Gasteiger partial charge on any atom is -0.325 e. The van der Waals surface area contributed by atoms with Crippen LogP contribution < -0.4 is 5.32 Å². The van der Waals surface area contributed by atoms with Crippen LogP contribution in [0.5, 0.6) is 0 Å². The minimum atomic E-state index is -3.59. The zero-order valence-electron chi connectivity index (χ0n) is 18.1. The molecule has 3 aliphatic rings. The number of anilines is 1. The highest BCUT2D eigenvalue weighted by Crippen LogP contribution is 2.34. The van der Waals surface area contributed by atoms with Crippen molar-refractivity contribution < 1.29 is 13.2 Å². The van der Waals surface area contributed by atoms with Gasteiger partial charge in [0, 0.05) is 49.8 Å². The maximum atomic E-state index is 13.4. The van der Waals surface area contributed by atoms with Gasteiger partial charge in [0.15, 0.2) is 0 Å². The van der Waals surface area contributed by atoms with Crippen LogP contribution in [0.2, 0.25) is 0 Å². The number of fused-ring (bicyclic) bond motifs is 2. The number of piperidine rings is 1. The number of carbonyl (C=O) groups is 1. The van der Waals surface area contributed by atoms with Gasteiger partial charge in [-0.2, -0.15) is 4.31 Å². The van der Waals surface area contributed by atoms with Gasteiger partial charge in [-0.3, -0.25) is 9.69 Å². The molecule has 1 unspecified atom stereocenters. The Bertz CT molecular complexity index is 1120. The molecular weight excluding hydrogens is 442 g/mol. The number of nitrogens with one attached hydrogen (secondary N) is 1. The Morgan fingerprint density at radius 3 is 2.78 bits per heavy atom. The lowest BCUT2D eigenvalue weighted by Gasteiger charge is -2.36. The van der Waals surface area contributed by atoms with Crippen molar-refractivity contribution in [1.29, 1.82) is 0 Å². The molecule has 170 valence electrons. The summed E-state index contributed by atoms with van der Waals surface area (Å²) in [6, 6.07) is 13.8. The van der Waals surface area contributed by atoms with E-state index < -0.39 is 10.0 Å². The fraction of sp³-hybridized carbons (Fsp3) is 0.458. The maximum absolute atomic E-state index is 13.4. The van der Waals surface area contributed by atoms with Gasteiger partial charge in [0.1, 0.15) is 0 Å². The van der Waals surface area contributed by atoms with Crippen LogP contribution in [0, 0.1) is 5.92 Å². The van der Waals surface area contributed by atoms with Gasteiger partial charge in [-0.1, -0.05) is 24.3 Å². The first kappa shape index (κ1) is 21.9. The van der Waals surface area contributed by atoms with Crippen LogP contribution in [-0.2, 0) is 27.8 Å². The molecule has 6 nitrogen and oxygen atoms in total. The van der Waals surface area contributed by atoms with Crippen molar-refractivity contribution in [2.24, 2.45) is 5.92 Å².